The summed E-state index contributed by atoms with van der Waals surface area (Å²) in [7, 11) is 0. The molecule has 1 aromatic carbocycles. The monoisotopic (exact) mass is 307 g/mol. The number of hydrogen-bond donors (Lipinski definition) is 2. The molecule has 4 nitrogen and oxygen atoms in total. The van der Waals surface area contributed by atoms with E-state index in [-0.39, 0.29) is 12.3 Å². The zero-order chi connectivity index (χ0) is 15.5. The zero-order valence-electron chi connectivity index (χ0n) is 11.6. The molecule has 0 spiro atoms. The minimum atomic E-state index is -1.05. The van der Waals surface area contributed by atoms with Crippen molar-refractivity contribution < 1.29 is 14.7 Å². The van der Waals surface area contributed by atoms with Crippen molar-refractivity contribution in [2.45, 2.75) is 37.1 Å². The number of halogens is 1. The Hall–Kier alpha value is -1.81. The molecule has 112 valence electrons. The van der Waals surface area contributed by atoms with Crippen molar-refractivity contribution in [2.75, 3.05) is 0 Å². The first-order chi connectivity index (χ1) is 9.99. The van der Waals surface area contributed by atoms with Gasteiger partial charge in [0.05, 0.1) is 5.41 Å². The molecule has 1 aliphatic carbocycles. The number of nitrogens with one attached hydrogen (secondary N) is 1. The van der Waals surface area contributed by atoms with Crippen molar-refractivity contribution >= 4 is 23.5 Å². The summed E-state index contributed by atoms with van der Waals surface area (Å²) in [4.78, 5) is 23.8. The summed E-state index contributed by atoms with van der Waals surface area (Å²) in [5, 5.41) is 12.3. The van der Waals surface area contributed by atoms with E-state index in [2.05, 4.69) is 11.9 Å². The lowest BCUT2D eigenvalue weighted by molar-refractivity contribution is -0.143. The van der Waals surface area contributed by atoms with Gasteiger partial charge < -0.3 is 10.4 Å². The molecule has 0 bridgehead atoms. The molecule has 1 unspecified atom stereocenters. The largest absolute Gasteiger partial charge is 0.480 e. The van der Waals surface area contributed by atoms with Gasteiger partial charge in [0, 0.05) is 5.02 Å². The fourth-order valence-electron chi connectivity index (χ4n) is 2.65. The third-order valence-corrected chi connectivity index (χ3v) is 4.26. The molecule has 2 N–H and O–H groups in total. The van der Waals surface area contributed by atoms with Crippen molar-refractivity contribution in [1.29, 1.82) is 0 Å². The van der Waals surface area contributed by atoms with Crippen molar-refractivity contribution in [3.63, 3.8) is 0 Å². The average Bonchev–Trinajstić information content (AvgIpc) is 2.37. The number of carbonyl (C=O) groups is 2. The molecule has 1 atom stereocenters. The molecular formula is C16H18ClNO3. The number of carboxylic acids is 1. The lowest BCUT2D eigenvalue weighted by atomic mass is 9.63. The van der Waals surface area contributed by atoms with Crippen LogP contribution in [0.25, 0.3) is 0 Å². The Morgan fingerprint density at radius 1 is 1.48 bits per heavy atom. The van der Waals surface area contributed by atoms with E-state index in [0.717, 1.165) is 12.0 Å². The summed E-state index contributed by atoms with van der Waals surface area (Å²) in [5.41, 5.74) is 0.196. The van der Waals surface area contributed by atoms with Crippen LogP contribution in [-0.2, 0) is 15.0 Å². The highest BCUT2D eigenvalue weighted by Gasteiger charge is 2.46. The second-order valence-electron chi connectivity index (χ2n) is 5.33. The van der Waals surface area contributed by atoms with E-state index in [1.54, 1.807) is 12.1 Å². The molecule has 5 heteroatoms. The van der Waals surface area contributed by atoms with Gasteiger partial charge in [-0.05, 0) is 37.0 Å². The number of carbonyl (C=O) groups excluding carboxylic acids is 1. The van der Waals surface area contributed by atoms with Gasteiger partial charge in [0.2, 0.25) is 5.91 Å². The van der Waals surface area contributed by atoms with Crippen LogP contribution < -0.4 is 5.32 Å². The maximum absolute atomic E-state index is 12.6. The predicted molar refractivity (Wildman–Crippen MR) is 81.4 cm³/mol. The first kappa shape index (κ1) is 15.6. The number of amides is 1. The highest BCUT2D eigenvalue weighted by atomic mass is 35.5. The number of rotatable bonds is 6. The van der Waals surface area contributed by atoms with Crippen LogP contribution >= 0.6 is 11.6 Å². The van der Waals surface area contributed by atoms with Crippen LogP contribution in [-0.4, -0.2) is 23.0 Å². The van der Waals surface area contributed by atoms with Crippen LogP contribution in [0.5, 0.6) is 0 Å². The first-order valence-electron chi connectivity index (χ1n) is 6.90. The second kappa shape index (κ2) is 6.31. The van der Waals surface area contributed by atoms with Gasteiger partial charge in [-0.25, -0.2) is 4.79 Å². The van der Waals surface area contributed by atoms with Gasteiger partial charge in [0.25, 0.3) is 0 Å². The summed E-state index contributed by atoms with van der Waals surface area (Å²) in [6.45, 7) is 3.52. The zero-order valence-corrected chi connectivity index (χ0v) is 12.4. The minimum absolute atomic E-state index is 0.201. The van der Waals surface area contributed by atoms with Crippen LogP contribution in [0.15, 0.2) is 36.9 Å². The molecule has 0 radical (unpaired) electrons. The van der Waals surface area contributed by atoms with E-state index in [4.69, 9.17) is 16.7 Å². The van der Waals surface area contributed by atoms with E-state index in [1.807, 2.05) is 12.1 Å². The first-order valence-corrected chi connectivity index (χ1v) is 7.28. The van der Waals surface area contributed by atoms with Crippen molar-refractivity contribution in [2.24, 2.45) is 0 Å². The summed E-state index contributed by atoms with van der Waals surface area (Å²) in [6, 6.07) is 6.28. The number of hydrogen-bond acceptors (Lipinski definition) is 2. The van der Waals surface area contributed by atoms with Crippen LogP contribution in [0.1, 0.15) is 31.2 Å². The molecule has 1 aliphatic rings. The lowest BCUT2D eigenvalue weighted by Crippen LogP contribution is -2.53. The Morgan fingerprint density at radius 2 is 2.19 bits per heavy atom. The highest BCUT2D eigenvalue weighted by Crippen LogP contribution is 2.44. The third-order valence-electron chi connectivity index (χ3n) is 4.02. The molecule has 0 aliphatic heterocycles. The molecule has 2 rings (SSSR count). The number of benzene rings is 1. The van der Waals surface area contributed by atoms with Crippen molar-refractivity contribution in [3.05, 3.63) is 47.5 Å². The fraction of sp³-hybridized carbons (Fsp3) is 0.375. The summed E-state index contributed by atoms with van der Waals surface area (Å²) >= 11 is 6.00. The van der Waals surface area contributed by atoms with Gasteiger partial charge >= 0.3 is 5.97 Å². The minimum Gasteiger partial charge on any atom is -0.480 e. The smallest absolute Gasteiger partial charge is 0.326 e. The van der Waals surface area contributed by atoms with E-state index >= 15 is 0 Å². The Kier molecular flexibility index (Phi) is 4.68. The van der Waals surface area contributed by atoms with Crippen molar-refractivity contribution in [1.82, 2.24) is 5.32 Å². The number of aliphatic carboxylic acids is 1. The molecule has 1 fully saturated rings. The Morgan fingerprint density at radius 3 is 2.67 bits per heavy atom. The van der Waals surface area contributed by atoms with E-state index in [1.165, 1.54) is 6.08 Å². The van der Waals surface area contributed by atoms with Crippen molar-refractivity contribution in [3.8, 4) is 0 Å². The lowest BCUT2D eigenvalue weighted by Gasteiger charge is -2.41. The normalized spacial score (nSPS) is 17.4. The Balaban J connectivity index is 2.22. The van der Waals surface area contributed by atoms with E-state index in [0.29, 0.717) is 17.9 Å². The van der Waals surface area contributed by atoms with Crippen LogP contribution in [0.4, 0.5) is 0 Å². The van der Waals surface area contributed by atoms with Gasteiger partial charge in [-0.2, -0.15) is 0 Å². The topological polar surface area (TPSA) is 66.4 Å². The molecular weight excluding hydrogens is 290 g/mol. The predicted octanol–water partition coefficient (Wildman–Crippen LogP) is 2.91. The van der Waals surface area contributed by atoms with Gasteiger partial charge in [-0.1, -0.05) is 36.2 Å². The molecule has 1 aromatic rings. The fourth-order valence-corrected chi connectivity index (χ4v) is 2.84. The maximum atomic E-state index is 12.6. The third kappa shape index (κ3) is 3.10. The SMILES string of the molecule is C=CCC(NC(=O)C1(c2cccc(Cl)c2)CCC1)C(=O)O. The molecule has 0 heterocycles. The van der Waals surface area contributed by atoms with Gasteiger partial charge in [-0.3, -0.25) is 4.79 Å². The summed E-state index contributed by atoms with van der Waals surface area (Å²) in [5.74, 6) is -1.30. The Bertz CT molecular complexity index is 566. The molecule has 0 saturated heterocycles. The molecule has 0 aromatic heterocycles. The molecule has 21 heavy (non-hydrogen) atoms. The number of carboxylic acid groups (broad SMARTS) is 1. The quantitative estimate of drug-likeness (QED) is 0.794. The van der Waals surface area contributed by atoms with Gasteiger partial charge in [0.15, 0.2) is 0 Å². The summed E-state index contributed by atoms with van der Waals surface area (Å²) < 4.78 is 0. The molecule has 1 amide bonds. The van der Waals surface area contributed by atoms with Crippen LogP contribution in [0.2, 0.25) is 5.02 Å². The van der Waals surface area contributed by atoms with Gasteiger partial charge in [0.1, 0.15) is 6.04 Å². The average molecular weight is 308 g/mol. The molecule has 1 saturated carbocycles. The Labute approximate surface area is 128 Å². The van der Waals surface area contributed by atoms with Crippen LogP contribution in [0.3, 0.4) is 0 Å². The van der Waals surface area contributed by atoms with E-state index in [9.17, 15) is 9.59 Å². The van der Waals surface area contributed by atoms with E-state index < -0.39 is 17.4 Å². The van der Waals surface area contributed by atoms with Gasteiger partial charge in [-0.15, -0.1) is 6.58 Å². The second-order valence-corrected chi connectivity index (χ2v) is 5.77. The van der Waals surface area contributed by atoms with Crippen LogP contribution in [0, 0.1) is 0 Å². The highest BCUT2D eigenvalue weighted by molar-refractivity contribution is 6.30. The summed E-state index contributed by atoms with van der Waals surface area (Å²) in [6.07, 6.45) is 4.05. The maximum Gasteiger partial charge on any atom is 0.326 e. The standard InChI is InChI=1S/C16H18ClNO3/c1-2-5-13(14(19)20)18-15(21)16(8-4-9-16)11-6-3-7-12(17)10-11/h2-3,6-7,10,13H,1,4-5,8-9H2,(H,18,21)(H,19,20).